The Hall–Kier alpha value is -1.27. The van der Waals surface area contributed by atoms with Crippen molar-refractivity contribution in [2.24, 2.45) is 34.5 Å². The maximum atomic E-state index is 12.5. The highest BCUT2D eigenvalue weighted by Gasteiger charge is 2.70. The molecule has 0 bridgehead atoms. The third kappa shape index (κ3) is 5.64. The number of esters is 1. The lowest BCUT2D eigenvalue weighted by Gasteiger charge is -2.65. The molecule has 3 heterocycles. The lowest BCUT2D eigenvalue weighted by molar-refractivity contribution is -0.360. The van der Waals surface area contributed by atoms with Crippen LogP contribution in [-0.4, -0.2) is 139 Å². The molecule has 4 aliphatic carbocycles. The summed E-state index contributed by atoms with van der Waals surface area (Å²) in [6.07, 6.45) is -7.62. The molecule has 19 atom stereocenters. The molecule has 0 aromatic carbocycles. The van der Waals surface area contributed by atoms with Crippen molar-refractivity contribution in [1.29, 1.82) is 0 Å². The Morgan fingerprint density at radius 3 is 2.29 bits per heavy atom. The first-order chi connectivity index (χ1) is 23.1. The van der Waals surface area contributed by atoms with Gasteiger partial charge in [-0.1, -0.05) is 13.8 Å². The van der Waals surface area contributed by atoms with Gasteiger partial charge in [-0.2, -0.15) is 0 Å². The van der Waals surface area contributed by atoms with Crippen molar-refractivity contribution in [3.05, 3.63) is 11.6 Å². The maximum Gasteiger partial charge on any atom is 0.331 e. The molecule has 3 aliphatic heterocycles. The fourth-order valence-electron chi connectivity index (χ4n) is 11.4. The number of fused-ring (bicyclic) bond motifs is 5. The fraction of sp³-hybridized carbons (Fsp3) is 0.914. The first-order valence-electron chi connectivity index (χ1n) is 18.0. The minimum absolute atomic E-state index is 0.0175. The Morgan fingerprint density at radius 2 is 1.59 bits per heavy atom. The second kappa shape index (κ2) is 13.0. The van der Waals surface area contributed by atoms with Crippen LogP contribution in [-0.2, 0) is 28.5 Å². The summed E-state index contributed by atoms with van der Waals surface area (Å²) in [6, 6.07) is 0. The smallest absolute Gasteiger partial charge is 0.331 e. The van der Waals surface area contributed by atoms with Crippen LogP contribution in [0.3, 0.4) is 0 Å². The van der Waals surface area contributed by atoms with E-state index in [9.17, 15) is 45.6 Å². The van der Waals surface area contributed by atoms with E-state index in [0.29, 0.717) is 25.7 Å². The quantitative estimate of drug-likeness (QED) is 0.126. The van der Waals surface area contributed by atoms with Crippen LogP contribution >= 0.6 is 0 Å². The van der Waals surface area contributed by atoms with Crippen LogP contribution in [0.15, 0.2) is 11.6 Å². The van der Waals surface area contributed by atoms with E-state index in [4.69, 9.17) is 23.7 Å². The molecule has 0 aromatic heterocycles. The Balaban J connectivity index is 0.995. The molecule has 14 nitrogen and oxygen atoms in total. The molecular formula is C35H54O14. The van der Waals surface area contributed by atoms with E-state index in [1.54, 1.807) is 13.0 Å². The zero-order valence-corrected chi connectivity index (χ0v) is 28.4. The van der Waals surface area contributed by atoms with Crippen molar-refractivity contribution in [2.75, 3.05) is 13.2 Å². The predicted molar refractivity (Wildman–Crippen MR) is 167 cm³/mol. The standard InChI is InChI=1S/C35H54O14/c1-15-30(49-32-28(42)26(40)25(39)22(13-36)48-32)27(41)29(43)31(46-15)47-18-6-8-33(2)17(11-18)4-5-20-24(33)21(37)12-34(3)19(7-9-35(20,34)44)16-10-23(38)45-14-16/h10,15,17-22,24-32,36-37,39-44H,4-9,11-14H2,1-3H3. The molecule has 6 fully saturated rings. The van der Waals surface area contributed by atoms with Crippen LogP contribution in [0.2, 0.25) is 0 Å². The van der Waals surface area contributed by atoms with E-state index in [0.717, 1.165) is 31.3 Å². The highest BCUT2D eigenvalue weighted by Crippen LogP contribution is 2.70. The number of ether oxygens (including phenoxy) is 5. The van der Waals surface area contributed by atoms with Gasteiger partial charge in [0.15, 0.2) is 12.6 Å². The van der Waals surface area contributed by atoms with Gasteiger partial charge in [0.05, 0.1) is 30.5 Å². The molecule has 0 amide bonds. The van der Waals surface area contributed by atoms with Gasteiger partial charge in [-0.25, -0.2) is 4.79 Å². The molecule has 0 spiro atoms. The van der Waals surface area contributed by atoms with Crippen LogP contribution in [0.4, 0.5) is 0 Å². The van der Waals surface area contributed by atoms with Gasteiger partial charge in [-0.3, -0.25) is 0 Å². The van der Waals surface area contributed by atoms with Crippen LogP contribution in [0, 0.1) is 34.5 Å². The van der Waals surface area contributed by atoms with Crippen molar-refractivity contribution in [2.45, 2.75) is 151 Å². The van der Waals surface area contributed by atoms with Crippen molar-refractivity contribution in [3.8, 4) is 0 Å². The molecule has 0 radical (unpaired) electrons. The number of rotatable bonds is 6. The summed E-state index contributed by atoms with van der Waals surface area (Å²) >= 11 is 0. The van der Waals surface area contributed by atoms with Crippen LogP contribution in [0.1, 0.15) is 72.1 Å². The highest BCUT2D eigenvalue weighted by atomic mass is 16.7. The number of cyclic esters (lactones) is 1. The largest absolute Gasteiger partial charge is 0.458 e. The van der Waals surface area contributed by atoms with Crippen molar-refractivity contribution < 1.29 is 69.3 Å². The van der Waals surface area contributed by atoms with E-state index in [2.05, 4.69) is 13.8 Å². The lowest BCUT2D eigenvalue weighted by Crippen LogP contribution is -2.66. The number of hydrogen-bond donors (Lipinski definition) is 8. The Bertz CT molecular complexity index is 1280. The van der Waals surface area contributed by atoms with Crippen LogP contribution in [0.25, 0.3) is 0 Å². The molecule has 19 unspecified atom stereocenters. The zero-order valence-electron chi connectivity index (χ0n) is 28.4. The lowest BCUT2D eigenvalue weighted by atomic mass is 9.42. The molecule has 49 heavy (non-hydrogen) atoms. The Morgan fingerprint density at radius 1 is 0.878 bits per heavy atom. The molecule has 8 N–H and O–H groups in total. The average molecular weight is 699 g/mol. The summed E-state index contributed by atoms with van der Waals surface area (Å²) < 4.78 is 28.7. The fourth-order valence-corrected chi connectivity index (χ4v) is 11.4. The van der Waals surface area contributed by atoms with Gasteiger partial charge in [0.1, 0.15) is 49.3 Å². The van der Waals surface area contributed by atoms with Crippen LogP contribution < -0.4 is 0 Å². The monoisotopic (exact) mass is 698 g/mol. The molecular weight excluding hydrogens is 644 g/mol. The number of carbonyl (C=O) groups excluding carboxylic acids is 1. The third-order valence-electron chi connectivity index (χ3n) is 14.1. The number of carbonyl (C=O) groups is 1. The summed E-state index contributed by atoms with van der Waals surface area (Å²) in [7, 11) is 0. The SMILES string of the molecule is CC1OC(OC2CCC3(C)C(CCC4C3C(O)CC3(C)C(C5=CC(=O)OC5)CCC43O)C2)C(O)C(O)C1OC1OC(CO)C(O)C(O)C1O. The van der Waals surface area contributed by atoms with Gasteiger partial charge < -0.3 is 64.5 Å². The Labute approximate surface area is 285 Å². The van der Waals surface area contributed by atoms with Gasteiger partial charge in [-0.05, 0) is 93.0 Å². The van der Waals surface area contributed by atoms with E-state index >= 15 is 0 Å². The predicted octanol–water partition coefficient (Wildman–Crippen LogP) is -0.749. The van der Waals surface area contributed by atoms with Gasteiger partial charge in [0.25, 0.3) is 0 Å². The normalized spacial score (nSPS) is 56.0. The van der Waals surface area contributed by atoms with Gasteiger partial charge in [-0.15, -0.1) is 0 Å². The maximum absolute atomic E-state index is 12.5. The molecule has 278 valence electrons. The van der Waals surface area contributed by atoms with Crippen LogP contribution in [0.5, 0.6) is 0 Å². The first kappa shape index (κ1) is 36.1. The highest BCUT2D eigenvalue weighted by molar-refractivity contribution is 5.85. The van der Waals surface area contributed by atoms with Crippen molar-refractivity contribution in [3.63, 3.8) is 0 Å². The van der Waals surface area contributed by atoms with Crippen molar-refractivity contribution in [1.82, 2.24) is 0 Å². The zero-order chi connectivity index (χ0) is 35.2. The topological polar surface area (TPSA) is 225 Å². The van der Waals surface area contributed by atoms with Gasteiger partial charge in [0, 0.05) is 11.5 Å². The average Bonchev–Trinajstić information content (AvgIpc) is 3.60. The van der Waals surface area contributed by atoms with E-state index in [1.807, 2.05) is 0 Å². The summed E-state index contributed by atoms with van der Waals surface area (Å²) in [5.41, 5.74) is -0.847. The minimum Gasteiger partial charge on any atom is -0.458 e. The third-order valence-corrected chi connectivity index (χ3v) is 14.1. The number of aliphatic hydroxyl groups excluding tert-OH is 7. The molecule has 14 heteroatoms. The molecule has 2 saturated heterocycles. The summed E-state index contributed by atoms with van der Waals surface area (Å²) in [6.45, 7) is 5.54. The second-order valence-electron chi connectivity index (χ2n) is 16.5. The molecule has 4 saturated carbocycles. The summed E-state index contributed by atoms with van der Waals surface area (Å²) in [5.74, 6) is -0.342. The van der Waals surface area contributed by atoms with Crippen molar-refractivity contribution >= 4 is 5.97 Å². The number of aliphatic hydroxyl groups is 8. The van der Waals surface area contributed by atoms with E-state index in [-0.39, 0.29) is 47.8 Å². The van der Waals surface area contributed by atoms with E-state index < -0.39 is 85.1 Å². The van der Waals surface area contributed by atoms with E-state index in [1.165, 1.54) is 0 Å². The summed E-state index contributed by atoms with van der Waals surface area (Å²) in [5, 5.41) is 86.6. The minimum atomic E-state index is -1.67. The Kier molecular flexibility index (Phi) is 9.57. The summed E-state index contributed by atoms with van der Waals surface area (Å²) in [4.78, 5) is 11.9. The second-order valence-corrected chi connectivity index (χ2v) is 16.5. The first-order valence-corrected chi connectivity index (χ1v) is 18.0. The molecule has 0 aromatic rings. The van der Waals surface area contributed by atoms with Gasteiger partial charge >= 0.3 is 5.97 Å². The molecule has 7 rings (SSSR count). The van der Waals surface area contributed by atoms with Gasteiger partial charge in [0.2, 0.25) is 0 Å². The molecule has 7 aliphatic rings. The number of hydrogen-bond acceptors (Lipinski definition) is 14.